The molecule has 1 atom stereocenters. The first-order chi connectivity index (χ1) is 39.9. The maximum atomic E-state index is 12.3. The number of rotatable bonds is 7. The van der Waals surface area contributed by atoms with Crippen LogP contribution in [0.1, 0.15) is 18.1 Å². The van der Waals surface area contributed by atoms with Gasteiger partial charge in [0.15, 0.2) is 5.82 Å². The average Bonchev–Trinajstić information content (AvgIpc) is 2.01. The van der Waals surface area contributed by atoms with Crippen LogP contribution in [0.25, 0.3) is 0 Å². The predicted octanol–water partition coefficient (Wildman–Crippen LogP) is -5.10. The minimum atomic E-state index is -0.610. The average molecular weight is 1160 g/mol. The smallest absolute Gasteiger partial charge is 0.332 e. The number of nitrogens with one attached hydrogen (secondary N) is 3. The Morgan fingerprint density at radius 2 is 0.871 bits per heavy atom. The van der Waals surface area contributed by atoms with Crippen molar-refractivity contribution >= 4 is 40.9 Å². The zero-order chi connectivity index (χ0) is 64.3. The number of hydrogen-bond acceptors (Lipinski definition) is 18. The number of likely N-dealkylation sites (N-methyl/N-ethyl adjacent to an activating group) is 1. The molecule has 0 bridgehead atoms. The van der Waals surface area contributed by atoms with E-state index in [2.05, 4.69) is 111 Å². The van der Waals surface area contributed by atoms with Crippen molar-refractivity contribution in [3.63, 3.8) is 0 Å². The summed E-state index contributed by atoms with van der Waals surface area (Å²) >= 11 is 0. The van der Waals surface area contributed by atoms with Gasteiger partial charge in [-0.25, -0.2) is 24.0 Å². The summed E-state index contributed by atoms with van der Waals surface area (Å²) in [6.07, 6.45) is 6.01. The Bertz CT molecular complexity index is 4690. The number of nitrogen functional groups attached to an aromatic ring is 2. The van der Waals surface area contributed by atoms with Gasteiger partial charge in [0.05, 0.1) is 17.0 Å². The summed E-state index contributed by atoms with van der Waals surface area (Å²) in [5.74, 6) is 23.6. The number of anilines is 5. The molecule has 0 saturated heterocycles. The van der Waals surface area contributed by atoms with Crippen LogP contribution in [0.5, 0.6) is 0 Å². The van der Waals surface area contributed by atoms with Gasteiger partial charge in [-0.2, -0.15) is 0 Å². The third-order valence-electron chi connectivity index (χ3n) is 12.0. The number of carbonyl (C=O) groups excluding carboxylic acids is 2. The molecule has 29 heteroatoms. The standard InChI is InChI=1S/C18H18N6O4.C18H9N3O2.C13H18N6O4.C7H10N2O2/c1-6-7-8-9-12(19-13-10-15(25)23(4)17(27)21(13)2)20-14-11-16(26)24(5)18(28)22(14)3;1-4-5-6-7-8-9-10-11-12-13-14-19-16-15-17(22)21(3)18(23)20(16)2;1-16-8(14)6(10(20)18(3)12(16)22)5-7-9(15)17(2)13(23)19(4)11(7)21;1-4-5(8)3-6(10)9(2)7(4)11/h10-11,19-20H,1H2,2-5H3;1,15,19H,2-3H3;5,14-15H2,1-4H3;3-4H,8H2,1-2H3. The summed E-state index contributed by atoms with van der Waals surface area (Å²) in [5.41, 5.74) is 22.2. The monoisotopic (exact) mass is 1160 g/mol. The summed E-state index contributed by atoms with van der Waals surface area (Å²) < 4.78 is 10.6. The van der Waals surface area contributed by atoms with Gasteiger partial charge in [-0.15, -0.1) is 6.42 Å². The molecule has 0 radical (unpaired) electrons. The highest BCUT2D eigenvalue weighted by atomic mass is 16.2. The molecule has 6 rings (SSSR count). The zero-order valence-corrected chi connectivity index (χ0v) is 47.9. The van der Waals surface area contributed by atoms with E-state index in [0.717, 1.165) is 36.9 Å². The molecule has 1 aliphatic rings. The van der Waals surface area contributed by atoms with E-state index in [9.17, 15) is 57.5 Å². The highest BCUT2D eigenvalue weighted by Crippen LogP contribution is 2.15. The molecule has 9 N–H and O–H groups in total. The second-order valence-electron chi connectivity index (χ2n) is 17.4. The number of imide groups is 1. The molecular formula is C56H55N17O12. The quantitative estimate of drug-likeness (QED) is 0.0384. The lowest BCUT2D eigenvalue weighted by molar-refractivity contribution is -0.143. The Balaban J connectivity index is 0.000000308. The first-order valence-corrected chi connectivity index (χ1v) is 24.0. The third kappa shape index (κ3) is 16.2. The molecule has 2 amide bonds. The highest BCUT2D eigenvalue weighted by Gasteiger charge is 2.28. The van der Waals surface area contributed by atoms with Gasteiger partial charge in [0, 0.05) is 150 Å². The second kappa shape index (κ2) is 29.5. The van der Waals surface area contributed by atoms with Crippen LogP contribution in [-0.2, 0) is 86.5 Å². The van der Waals surface area contributed by atoms with E-state index in [0.29, 0.717) is 5.70 Å². The van der Waals surface area contributed by atoms with E-state index in [-0.39, 0.29) is 70.2 Å². The van der Waals surface area contributed by atoms with Crippen molar-refractivity contribution in [1.82, 2.24) is 50.6 Å². The lowest BCUT2D eigenvalue weighted by atomic mass is 10.0. The molecule has 5 aromatic rings. The maximum Gasteiger partial charge on any atom is 0.332 e. The van der Waals surface area contributed by atoms with Crippen molar-refractivity contribution in [2.45, 2.75) is 13.3 Å². The molecule has 436 valence electrons. The first-order valence-electron chi connectivity index (χ1n) is 24.0. The summed E-state index contributed by atoms with van der Waals surface area (Å²) in [7, 11) is 15.5. The zero-order valence-electron chi connectivity index (χ0n) is 47.9. The van der Waals surface area contributed by atoms with Crippen molar-refractivity contribution in [2.75, 3.05) is 34.5 Å². The molecule has 6 heterocycles. The molecule has 29 nitrogen and oxygen atoms in total. The second-order valence-corrected chi connectivity index (χ2v) is 17.4. The fraction of sp³-hybridized carbons (Fsp3) is 0.250. The van der Waals surface area contributed by atoms with Gasteiger partial charge in [-0.05, 0) is 60.3 Å². The molecule has 0 saturated carbocycles. The van der Waals surface area contributed by atoms with Crippen LogP contribution in [0.2, 0.25) is 0 Å². The largest absolute Gasteiger partial charge is 0.401 e. The topological polar surface area (TPSA) is 372 Å². The summed E-state index contributed by atoms with van der Waals surface area (Å²) in [5, 5.41) is 8.25. The Labute approximate surface area is 481 Å². The Hall–Kier alpha value is -12.7. The van der Waals surface area contributed by atoms with Crippen LogP contribution in [0, 0.1) is 77.6 Å². The summed E-state index contributed by atoms with van der Waals surface area (Å²) in [6.45, 7) is 5.03. The van der Waals surface area contributed by atoms with Crippen molar-refractivity contribution in [1.29, 1.82) is 0 Å². The highest BCUT2D eigenvalue weighted by molar-refractivity contribution is 6.05. The Morgan fingerprint density at radius 3 is 1.27 bits per heavy atom. The molecule has 0 spiro atoms. The van der Waals surface area contributed by atoms with Crippen molar-refractivity contribution in [3.05, 3.63) is 181 Å². The number of nitrogens with zero attached hydrogens (tertiary/aromatic N) is 11. The van der Waals surface area contributed by atoms with Gasteiger partial charge in [-0.3, -0.25) is 89.4 Å². The van der Waals surface area contributed by atoms with Gasteiger partial charge in [0.25, 0.3) is 33.7 Å². The lowest BCUT2D eigenvalue weighted by Crippen LogP contribution is -2.43. The van der Waals surface area contributed by atoms with Crippen LogP contribution < -0.4 is 89.4 Å². The predicted molar refractivity (Wildman–Crippen MR) is 317 cm³/mol. The minimum Gasteiger partial charge on any atom is -0.401 e. The number of amides is 2. The van der Waals surface area contributed by atoms with Crippen LogP contribution >= 0.6 is 0 Å². The number of nitrogens with two attached hydrogens (primary N) is 3. The van der Waals surface area contributed by atoms with Gasteiger partial charge in [0.2, 0.25) is 5.91 Å². The van der Waals surface area contributed by atoms with E-state index in [1.165, 1.54) is 116 Å². The van der Waals surface area contributed by atoms with Gasteiger partial charge < -0.3 is 27.8 Å². The molecule has 85 heavy (non-hydrogen) atoms. The fourth-order valence-electron chi connectivity index (χ4n) is 6.70. The minimum absolute atomic E-state index is 0.0478. The molecule has 5 aromatic heterocycles. The molecule has 1 unspecified atom stereocenters. The number of terminal acetylenes is 1. The van der Waals surface area contributed by atoms with Gasteiger partial charge in [-0.1, -0.05) is 5.73 Å². The molecule has 0 aromatic carbocycles. The van der Waals surface area contributed by atoms with Crippen molar-refractivity contribution in [2.24, 2.45) is 82.1 Å². The lowest BCUT2D eigenvalue weighted by Gasteiger charge is -2.23. The van der Waals surface area contributed by atoms with E-state index < -0.39 is 56.2 Å². The van der Waals surface area contributed by atoms with E-state index in [1.54, 1.807) is 6.92 Å². The Kier molecular flexibility index (Phi) is 23.1. The molecule has 0 fully saturated rings. The van der Waals surface area contributed by atoms with Crippen molar-refractivity contribution < 1.29 is 9.59 Å². The Morgan fingerprint density at radius 1 is 0.506 bits per heavy atom. The van der Waals surface area contributed by atoms with E-state index in [4.69, 9.17) is 23.6 Å². The molecular weight excluding hydrogens is 1100 g/mol. The van der Waals surface area contributed by atoms with Crippen molar-refractivity contribution in [3.8, 4) is 71.7 Å². The number of aromatic nitrogens is 10. The van der Waals surface area contributed by atoms with E-state index in [1.807, 2.05) is 0 Å². The van der Waals surface area contributed by atoms with Crippen LogP contribution in [0.15, 0.2) is 113 Å². The maximum absolute atomic E-state index is 12.3. The SMILES string of the molecule is C#CC#CC#CC#CC#CC#CNc1cc(=O)n(C)c(=O)n1C.C=C=C=C=C=C(Nc1cc(=O)n(C)c(=O)n1C)Nc1cc(=O)n(C)c(=O)n1C.CC1C(=O)N(C)C(=O)C=C1N.Cn1c(N)c(Cc2c(N)n(C)c(=O)n(C)c2=O)c(=O)n(C)c1=O. The van der Waals surface area contributed by atoms with Crippen LogP contribution in [0.4, 0.5) is 29.1 Å². The fourth-order valence-corrected chi connectivity index (χ4v) is 6.70. The van der Waals surface area contributed by atoms with Gasteiger partial charge >= 0.3 is 28.4 Å². The normalized spacial score (nSPS) is 11.3. The van der Waals surface area contributed by atoms with Crippen LogP contribution in [-0.4, -0.2) is 69.4 Å². The van der Waals surface area contributed by atoms with Gasteiger partial charge in [0.1, 0.15) is 29.1 Å². The number of carbonyl (C=O) groups is 2. The summed E-state index contributed by atoms with van der Waals surface area (Å²) in [6, 6.07) is 6.18. The molecule has 0 aliphatic carbocycles. The number of hydrogen-bond donors (Lipinski definition) is 6. The third-order valence-corrected chi connectivity index (χ3v) is 12.0. The van der Waals surface area contributed by atoms with Crippen LogP contribution in [0.3, 0.4) is 0 Å². The molecule has 1 aliphatic heterocycles. The first kappa shape index (κ1) is 66.6. The summed E-state index contributed by atoms with van der Waals surface area (Å²) in [4.78, 5) is 142. The van der Waals surface area contributed by atoms with E-state index >= 15 is 0 Å².